The van der Waals surface area contributed by atoms with Crippen LogP contribution in [0.1, 0.15) is 31.2 Å². The fraction of sp³-hybridized carbons (Fsp3) is 0.667. The molecule has 1 aromatic rings. The van der Waals surface area contributed by atoms with Crippen molar-refractivity contribution < 1.29 is 4.74 Å². The Kier molecular flexibility index (Phi) is 5.26. The molecule has 0 spiro atoms. The van der Waals surface area contributed by atoms with E-state index in [1.165, 1.54) is 17.8 Å². The normalized spacial score (nSPS) is 10.6. The van der Waals surface area contributed by atoms with Crippen molar-refractivity contribution in [2.24, 2.45) is 0 Å². The molecule has 0 unspecified atom stereocenters. The van der Waals surface area contributed by atoms with Gasteiger partial charge in [0.2, 0.25) is 0 Å². The second-order valence-electron chi connectivity index (χ2n) is 3.83. The first kappa shape index (κ1) is 12.1. The van der Waals surface area contributed by atoms with Crippen LogP contribution >= 0.6 is 0 Å². The summed E-state index contributed by atoms with van der Waals surface area (Å²) in [5.74, 6) is 0. The largest absolute Gasteiger partial charge is 0.380 e. The highest BCUT2D eigenvalue weighted by atomic mass is 16.5. The van der Waals surface area contributed by atoms with E-state index in [1.54, 1.807) is 0 Å². The molecule has 0 saturated heterocycles. The van der Waals surface area contributed by atoms with Gasteiger partial charge in [0.25, 0.3) is 0 Å². The average molecular weight is 210 g/mol. The summed E-state index contributed by atoms with van der Waals surface area (Å²) in [5.41, 5.74) is 5.80. The number of rotatable bonds is 7. The van der Waals surface area contributed by atoms with E-state index in [1.807, 2.05) is 0 Å². The lowest BCUT2D eigenvalue weighted by Gasteiger charge is -2.12. The van der Waals surface area contributed by atoms with Crippen molar-refractivity contribution in [1.82, 2.24) is 4.68 Å². The molecule has 1 heterocycles. The average Bonchev–Trinajstić information content (AvgIpc) is 2.54. The molecule has 0 aliphatic carbocycles. The summed E-state index contributed by atoms with van der Waals surface area (Å²) in [7, 11) is 0. The highest BCUT2D eigenvalue weighted by Gasteiger charge is 1.98. The number of nitrogens with one attached hydrogen (secondary N) is 1. The summed E-state index contributed by atoms with van der Waals surface area (Å²) in [6.45, 7) is 8.88. The van der Waals surface area contributed by atoms with Gasteiger partial charge in [-0.05, 0) is 32.4 Å². The lowest BCUT2D eigenvalue weighted by atomic mass is 10.4. The zero-order valence-corrected chi connectivity index (χ0v) is 10.0. The SMILES string of the molecule is CCCCOCCNn1c(C)ccc1C. The molecule has 1 rings (SSSR count). The summed E-state index contributed by atoms with van der Waals surface area (Å²) in [4.78, 5) is 0. The molecule has 0 aliphatic rings. The van der Waals surface area contributed by atoms with Gasteiger partial charge in [0.05, 0.1) is 13.2 Å². The first-order valence-electron chi connectivity index (χ1n) is 5.72. The highest BCUT2D eigenvalue weighted by molar-refractivity contribution is 5.15. The van der Waals surface area contributed by atoms with E-state index < -0.39 is 0 Å². The van der Waals surface area contributed by atoms with Crippen LogP contribution in [0.25, 0.3) is 0 Å². The van der Waals surface area contributed by atoms with E-state index in [-0.39, 0.29) is 0 Å². The van der Waals surface area contributed by atoms with Gasteiger partial charge in [0.15, 0.2) is 0 Å². The Balaban J connectivity index is 2.15. The van der Waals surface area contributed by atoms with E-state index in [0.717, 1.165) is 26.2 Å². The van der Waals surface area contributed by atoms with E-state index in [0.29, 0.717) is 0 Å². The number of ether oxygens (including phenoxy) is 1. The first-order valence-corrected chi connectivity index (χ1v) is 5.72. The Morgan fingerprint density at radius 1 is 1.20 bits per heavy atom. The molecule has 0 aliphatic heterocycles. The predicted molar refractivity (Wildman–Crippen MR) is 63.9 cm³/mol. The molecule has 0 radical (unpaired) electrons. The van der Waals surface area contributed by atoms with Crippen molar-refractivity contribution in [3.63, 3.8) is 0 Å². The summed E-state index contributed by atoms with van der Waals surface area (Å²) in [5, 5.41) is 0. The van der Waals surface area contributed by atoms with Gasteiger partial charge in [0, 0.05) is 18.0 Å². The third-order valence-electron chi connectivity index (χ3n) is 2.43. The number of nitrogens with zero attached hydrogens (tertiary/aromatic N) is 1. The fourth-order valence-electron chi connectivity index (χ4n) is 1.50. The molecule has 1 aromatic heterocycles. The quantitative estimate of drug-likeness (QED) is 0.700. The van der Waals surface area contributed by atoms with Gasteiger partial charge in [-0.25, -0.2) is 0 Å². The molecule has 0 bridgehead atoms. The summed E-state index contributed by atoms with van der Waals surface area (Å²) in [6.07, 6.45) is 2.35. The van der Waals surface area contributed by atoms with Crippen molar-refractivity contribution in [2.45, 2.75) is 33.6 Å². The van der Waals surface area contributed by atoms with Crippen molar-refractivity contribution in [1.29, 1.82) is 0 Å². The molecule has 86 valence electrons. The lowest BCUT2D eigenvalue weighted by molar-refractivity contribution is 0.139. The van der Waals surface area contributed by atoms with Crippen LogP contribution in [0.4, 0.5) is 0 Å². The van der Waals surface area contributed by atoms with Crippen LogP contribution < -0.4 is 5.43 Å². The zero-order chi connectivity index (χ0) is 11.1. The third kappa shape index (κ3) is 3.96. The number of hydrogen-bond acceptors (Lipinski definition) is 2. The molecule has 0 saturated carbocycles. The molecule has 3 nitrogen and oxygen atoms in total. The number of aromatic nitrogens is 1. The Labute approximate surface area is 92.4 Å². The van der Waals surface area contributed by atoms with E-state index in [4.69, 9.17) is 4.74 Å². The van der Waals surface area contributed by atoms with Crippen LogP contribution in [-0.4, -0.2) is 24.4 Å². The molecule has 0 atom stereocenters. The maximum Gasteiger partial charge on any atom is 0.0655 e. The van der Waals surface area contributed by atoms with Crippen molar-refractivity contribution in [3.05, 3.63) is 23.5 Å². The number of hydrogen-bond donors (Lipinski definition) is 1. The molecular weight excluding hydrogens is 188 g/mol. The van der Waals surface area contributed by atoms with E-state index in [2.05, 4.69) is 43.0 Å². The molecular formula is C12H22N2O. The van der Waals surface area contributed by atoms with Crippen LogP contribution in [0, 0.1) is 13.8 Å². The smallest absolute Gasteiger partial charge is 0.0655 e. The van der Waals surface area contributed by atoms with Crippen molar-refractivity contribution in [3.8, 4) is 0 Å². The minimum absolute atomic E-state index is 0.775. The van der Waals surface area contributed by atoms with Crippen LogP contribution in [-0.2, 0) is 4.74 Å². The molecule has 1 N–H and O–H groups in total. The number of unbranched alkanes of at least 4 members (excludes halogenated alkanes) is 1. The van der Waals surface area contributed by atoms with E-state index >= 15 is 0 Å². The van der Waals surface area contributed by atoms with Gasteiger partial charge in [-0.2, -0.15) is 0 Å². The number of aryl methyl sites for hydroxylation is 2. The fourth-order valence-corrected chi connectivity index (χ4v) is 1.50. The molecule has 0 fully saturated rings. The standard InChI is InChI=1S/C12H22N2O/c1-4-5-9-15-10-8-13-14-11(2)6-7-12(14)3/h6-7,13H,4-5,8-10H2,1-3H3. The highest BCUT2D eigenvalue weighted by Crippen LogP contribution is 2.03. The molecule has 15 heavy (non-hydrogen) atoms. The van der Waals surface area contributed by atoms with Gasteiger partial charge in [-0.15, -0.1) is 0 Å². The monoisotopic (exact) mass is 210 g/mol. The molecule has 3 heteroatoms. The van der Waals surface area contributed by atoms with Gasteiger partial charge in [-0.3, -0.25) is 4.68 Å². The Morgan fingerprint density at radius 2 is 1.87 bits per heavy atom. The van der Waals surface area contributed by atoms with Crippen LogP contribution in [0.2, 0.25) is 0 Å². The maximum atomic E-state index is 5.48. The second kappa shape index (κ2) is 6.51. The minimum atomic E-state index is 0.775. The van der Waals surface area contributed by atoms with Gasteiger partial charge >= 0.3 is 0 Å². The predicted octanol–water partition coefficient (Wildman–Crippen LogP) is 2.47. The van der Waals surface area contributed by atoms with Crippen LogP contribution in [0.15, 0.2) is 12.1 Å². The van der Waals surface area contributed by atoms with Gasteiger partial charge in [-0.1, -0.05) is 13.3 Å². The topological polar surface area (TPSA) is 26.2 Å². The molecule has 0 amide bonds. The third-order valence-corrected chi connectivity index (χ3v) is 2.43. The van der Waals surface area contributed by atoms with Gasteiger partial charge < -0.3 is 10.2 Å². The van der Waals surface area contributed by atoms with Gasteiger partial charge in [0.1, 0.15) is 0 Å². The van der Waals surface area contributed by atoms with E-state index in [9.17, 15) is 0 Å². The Bertz CT molecular complexity index is 262. The summed E-state index contributed by atoms with van der Waals surface area (Å²) >= 11 is 0. The lowest BCUT2D eigenvalue weighted by Crippen LogP contribution is -2.21. The Hall–Kier alpha value is -0.960. The second-order valence-corrected chi connectivity index (χ2v) is 3.83. The maximum absolute atomic E-state index is 5.48. The summed E-state index contributed by atoms with van der Waals surface area (Å²) in [6, 6.07) is 4.22. The van der Waals surface area contributed by atoms with Crippen molar-refractivity contribution >= 4 is 0 Å². The van der Waals surface area contributed by atoms with Crippen molar-refractivity contribution in [2.75, 3.05) is 25.2 Å². The van der Waals surface area contributed by atoms with Crippen LogP contribution in [0.5, 0.6) is 0 Å². The summed E-state index contributed by atoms with van der Waals surface area (Å²) < 4.78 is 7.58. The first-order chi connectivity index (χ1) is 7.25. The minimum Gasteiger partial charge on any atom is -0.380 e. The zero-order valence-electron chi connectivity index (χ0n) is 10.0. The van der Waals surface area contributed by atoms with Crippen LogP contribution in [0.3, 0.4) is 0 Å². The Morgan fingerprint density at radius 3 is 2.47 bits per heavy atom. The molecule has 0 aromatic carbocycles.